The van der Waals surface area contributed by atoms with E-state index in [2.05, 4.69) is 15.6 Å². The molecule has 0 bridgehead atoms. The number of nitrogens with one attached hydrogen (secondary N) is 2. The van der Waals surface area contributed by atoms with Crippen LogP contribution >= 0.6 is 11.8 Å². The number of primary amides is 1. The number of nitrogens with two attached hydrogens (primary N) is 1. The predicted molar refractivity (Wildman–Crippen MR) is 99.8 cm³/mol. The molecule has 26 heavy (non-hydrogen) atoms. The molecule has 3 amide bonds. The topological polar surface area (TPSA) is 114 Å². The monoisotopic (exact) mass is 372 g/mol. The smallest absolute Gasteiger partial charge is 0.251 e. The summed E-state index contributed by atoms with van der Waals surface area (Å²) in [6.07, 6.45) is 1.62. The first-order valence-electron chi connectivity index (χ1n) is 8.02. The van der Waals surface area contributed by atoms with Gasteiger partial charge in [0.2, 0.25) is 5.91 Å². The maximum Gasteiger partial charge on any atom is 0.251 e. The van der Waals surface area contributed by atoms with E-state index in [-0.39, 0.29) is 18.4 Å². The van der Waals surface area contributed by atoms with Crippen LogP contribution in [0, 0.1) is 0 Å². The molecule has 0 atom stereocenters. The number of amides is 3. The molecule has 0 radical (unpaired) electrons. The average Bonchev–Trinajstić information content (AvgIpc) is 2.65. The average molecular weight is 372 g/mol. The van der Waals surface area contributed by atoms with E-state index in [0.717, 1.165) is 16.3 Å². The van der Waals surface area contributed by atoms with Crippen LogP contribution in [-0.4, -0.2) is 35.0 Å². The van der Waals surface area contributed by atoms with E-state index in [9.17, 15) is 14.4 Å². The number of aromatic nitrogens is 1. The van der Waals surface area contributed by atoms with E-state index in [1.54, 1.807) is 54.4 Å². The molecule has 2 rings (SSSR count). The van der Waals surface area contributed by atoms with Crippen LogP contribution in [0.5, 0.6) is 0 Å². The van der Waals surface area contributed by atoms with Crippen LogP contribution in [0.25, 0.3) is 0 Å². The van der Waals surface area contributed by atoms with Crippen molar-refractivity contribution in [2.24, 2.45) is 5.73 Å². The highest BCUT2D eigenvalue weighted by Crippen LogP contribution is 2.15. The van der Waals surface area contributed by atoms with Gasteiger partial charge in [0, 0.05) is 23.9 Å². The van der Waals surface area contributed by atoms with Gasteiger partial charge in [0.1, 0.15) is 0 Å². The normalized spacial score (nSPS) is 10.2. The summed E-state index contributed by atoms with van der Waals surface area (Å²) in [5.41, 5.74) is 6.80. The van der Waals surface area contributed by atoms with Crippen LogP contribution in [0.4, 0.5) is 0 Å². The molecular formula is C18H20N4O3S. The van der Waals surface area contributed by atoms with Gasteiger partial charge in [0.15, 0.2) is 0 Å². The lowest BCUT2D eigenvalue weighted by Gasteiger charge is -2.08. The maximum atomic E-state index is 12.2. The van der Waals surface area contributed by atoms with Crippen LogP contribution in [0.1, 0.15) is 33.2 Å². The SMILES string of the molecule is CCSc1cc(C(=O)NCc2ccc(C(=O)NCC(N)=O)cc2)ccn1. The Morgan fingerprint density at radius 3 is 2.38 bits per heavy atom. The molecule has 0 saturated carbocycles. The van der Waals surface area contributed by atoms with Crippen molar-refractivity contribution >= 4 is 29.5 Å². The second-order valence-corrected chi connectivity index (χ2v) is 6.63. The molecular weight excluding hydrogens is 352 g/mol. The lowest BCUT2D eigenvalue weighted by molar-refractivity contribution is -0.117. The summed E-state index contributed by atoms with van der Waals surface area (Å²) in [5, 5.41) is 6.06. The molecule has 1 heterocycles. The van der Waals surface area contributed by atoms with Crippen LogP contribution in [-0.2, 0) is 11.3 Å². The van der Waals surface area contributed by atoms with Gasteiger partial charge in [-0.05, 0) is 35.6 Å². The van der Waals surface area contributed by atoms with Crippen molar-refractivity contribution in [2.45, 2.75) is 18.5 Å². The summed E-state index contributed by atoms with van der Waals surface area (Å²) in [4.78, 5) is 38.9. The molecule has 4 N–H and O–H groups in total. The molecule has 0 fully saturated rings. The van der Waals surface area contributed by atoms with Gasteiger partial charge in [-0.2, -0.15) is 0 Å². The number of rotatable bonds is 8. The Kier molecular flexibility index (Phi) is 7.16. The van der Waals surface area contributed by atoms with Gasteiger partial charge in [-0.3, -0.25) is 14.4 Å². The molecule has 7 nitrogen and oxygen atoms in total. The minimum Gasteiger partial charge on any atom is -0.368 e. The van der Waals surface area contributed by atoms with Crippen molar-refractivity contribution in [3.8, 4) is 0 Å². The summed E-state index contributed by atoms with van der Waals surface area (Å²) >= 11 is 1.57. The number of nitrogens with zero attached hydrogens (tertiary/aromatic N) is 1. The largest absolute Gasteiger partial charge is 0.368 e. The van der Waals surface area contributed by atoms with Gasteiger partial charge in [0.05, 0.1) is 11.6 Å². The molecule has 0 spiro atoms. The Hall–Kier alpha value is -2.87. The zero-order valence-electron chi connectivity index (χ0n) is 14.3. The number of carbonyl (C=O) groups is 3. The third-order valence-corrected chi connectivity index (χ3v) is 4.19. The van der Waals surface area contributed by atoms with E-state index in [0.29, 0.717) is 17.7 Å². The maximum absolute atomic E-state index is 12.2. The van der Waals surface area contributed by atoms with E-state index in [1.807, 2.05) is 6.92 Å². The van der Waals surface area contributed by atoms with Gasteiger partial charge in [-0.15, -0.1) is 11.8 Å². The van der Waals surface area contributed by atoms with Crippen molar-refractivity contribution in [1.29, 1.82) is 0 Å². The lowest BCUT2D eigenvalue weighted by atomic mass is 10.1. The van der Waals surface area contributed by atoms with Gasteiger partial charge >= 0.3 is 0 Å². The second-order valence-electron chi connectivity index (χ2n) is 5.34. The summed E-state index contributed by atoms with van der Waals surface area (Å²) in [5.74, 6) is -0.280. The van der Waals surface area contributed by atoms with Crippen LogP contribution in [0.2, 0.25) is 0 Å². The predicted octanol–water partition coefficient (Wildman–Crippen LogP) is 1.34. The molecule has 0 aliphatic heterocycles. The Morgan fingerprint density at radius 1 is 1.04 bits per heavy atom. The van der Waals surface area contributed by atoms with Crippen LogP contribution in [0.3, 0.4) is 0 Å². The minimum absolute atomic E-state index is 0.186. The fourth-order valence-electron chi connectivity index (χ4n) is 2.11. The summed E-state index contributed by atoms with van der Waals surface area (Å²) in [7, 11) is 0. The third-order valence-electron chi connectivity index (χ3n) is 3.38. The van der Waals surface area contributed by atoms with E-state index >= 15 is 0 Å². The first-order valence-corrected chi connectivity index (χ1v) is 9.00. The van der Waals surface area contributed by atoms with E-state index in [4.69, 9.17) is 5.73 Å². The fraction of sp³-hybridized carbons (Fsp3) is 0.222. The number of pyridine rings is 1. The summed E-state index contributed by atoms with van der Waals surface area (Å²) < 4.78 is 0. The molecule has 1 aromatic heterocycles. The highest BCUT2D eigenvalue weighted by Gasteiger charge is 2.09. The van der Waals surface area contributed by atoms with Crippen LogP contribution < -0.4 is 16.4 Å². The van der Waals surface area contributed by atoms with Crippen molar-refractivity contribution in [1.82, 2.24) is 15.6 Å². The van der Waals surface area contributed by atoms with E-state index < -0.39 is 5.91 Å². The first kappa shape index (κ1) is 19.5. The number of hydrogen-bond acceptors (Lipinski definition) is 5. The Morgan fingerprint density at radius 2 is 1.73 bits per heavy atom. The Bertz CT molecular complexity index is 793. The molecule has 0 unspecified atom stereocenters. The summed E-state index contributed by atoms with van der Waals surface area (Å²) in [6, 6.07) is 10.2. The highest BCUT2D eigenvalue weighted by molar-refractivity contribution is 7.99. The van der Waals surface area contributed by atoms with E-state index in [1.165, 1.54) is 0 Å². The van der Waals surface area contributed by atoms with Gasteiger partial charge in [-0.1, -0.05) is 19.1 Å². The van der Waals surface area contributed by atoms with Crippen LogP contribution in [0.15, 0.2) is 47.6 Å². The molecule has 136 valence electrons. The quantitative estimate of drug-likeness (QED) is 0.605. The van der Waals surface area contributed by atoms with Gasteiger partial charge < -0.3 is 16.4 Å². The lowest BCUT2D eigenvalue weighted by Crippen LogP contribution is -2.33. The molecule has 0 aliphatic carbocycles. The third kappa shape index (κ3) is 5.89. The van der Waals surface area contributed by atoms with Crippen molar-refractivity contribution in [3.05, 3.63) is 59.3 Å². The number of carbonyl (C=O) groups excluding carboxylic acids is 3. The molecule has 1 aromatic carbocycles. The molecule has 8 heteroatoms. The second kappa shape index (κ2) is 9.57. The Balaban J connectivity index is 1.91. The Labute approximate surface area is 155 Å². The highest BCUT2D eigenvalue weighted by atomic mass is 32.2. The van der Waals surface area contributed by atoms with Crippen molar-refractivity contribution in [2.75, 3.05) is 12.3 Å². The minimum atomic E-state index is -0.603. The van der Waals surface area contributed by atoms with Crippen molar-refractivity contribution in [3.63, 3.8) is 0 Å². The standard InChI is InChI=1S/C18H20N4O3S/c1-2-26-16-9-14(7-8-20-16)18(25)21-10-12-3-5-13(6-4-12)17(24)22-11-15(19)23/h3-9H,2,10-11H2,1H3,(H2,19,23)(H,21,25)(H,22,24). The molecule has 0 aliphatic rings. The zero-order chi connectivity index (χ0) is 18.9. The fourth-order valence-corrected chi connectivity index (χ4v) is 2.75. The first-order chi connectivity index (χ1) is 12.5. The molecule has 0 saturated heterocycles. The molecule has 2 aromatic rings. The van der Waals surface area contributed by atoms with Gasteiger partial charge in [-0.25, -0.2) is 4.98 Å². The van der Waals surface area contributed by atoms with Gasteiger partial charge in [0.25, 0.3) is 11.8 Å². The van der Waals surface area contributed by atoms with Crippen molar-refractivity contribution < 1.29 is 14.4 Å². The summed E-state index contributed by atoms with van der Waals surface area (Å²) in [6.45, 7) is 2.15. The number of hydrogen-bond donors (Lipinski definition) is 3. The zero-order valence-corrected chi connectivity index (χ0v) is 15.1. The number of thioether (sulfide) groups is 1. The number of benzene rings is 1.